The molecule has 0 atom stereocenters. The Kier molecular flexibility index (Phi) is 6.72. The fraction of sp³-hybridized carbons (Fsp3) is 0.455. The largest absolute Gasteiger partial charge is 0.464 e. The number of fused-ring (bicyclic) bond motifs is 3. The van der Waals surface area contributed by atoms with Gasteiger partial charge in [0.1, 0.15) is 0 Å². The molecule has 0 amide bonds. The van der Waals surface area contributed by atoms with Crippen molar-refractivity contribution < 1.29 is 23.8 Å². The van der Waals surface area contributed by atoms with Gasteiger partial charge in [0, 0.05) is 53.3 Å². The number of hydrogen-bond acceptors (Lipinski definition) is 9. The van der Waals surface area contributed by atoms with Crippen molar-refractivity contribution in [2.24, 2.45) is 0 Å². The quantitative estimate of drug-likeness (QED) is 0.471. The van der Waals surface area contributed by atoms with Crippen molar-refractivity contribution in [3.8, 4) is 5.75 Å². The number of rotatable bonds is 7. The summed E-state index contributed by atoms with van der Waals surface area (Å²) in [5.41, 5.74) is 0.435. The predicted octanol–water partition coefficient (Wildman–Crippen LogP) is 0.583. The Morgan fingerprint density at radius 1 is 1.00 bits per heavy atom. The number of aromatic nitrogens is 3. The SMILES string of the molecule is COCN1CCN(CCn2c3ccccc3n3c(=O)c(OC(C)=O)c(C(=O)OC)nc23)CC1. The molecule has 11 nitrogen and oxygen atoms in total. The Labute approximate surface area is 190 Å². The molecule has 1 aromatic carbocycles. The molecule has 33 heavy (non-hydrogen) atoms. The van der Waals surface area contributed by atoms with Gasteiger partial charge in [-0.25, -0.2) is 14.2 Å². The van der Waals surface area contributed by atoms with Crippen LogP contribution in [0.15, 0.2) is 29.1 Å². The van der Waals surface area contributed by atoms with E-state index in [1.807, 2.05) is 22.8 Å². The van der Waals surface area contributed by atoms with E-state index in [9.17, 15) is 14.4 Å². The van der Waals surface area contributed by atoms with Crippen LogP contribution in [0.4, 0.5) is 0 Å². The third-order valence-corrected chi connectivity index (χ3v) is 5.72. The molecule has 3 aromatic rings. The zero-order chi connectivity index (χ0) is 23.5. The van der Waals surface area contributed by atoms with E-state index >= 15 is 0 Å². The number of imidazole rings is 1. The number of ether oxygens (including phenoxy) is 3. The fourth-order valence-electron chi connectivity index (χ4n) is 4.14. The van der Waals surface area contributed by atoms with Gasteiger partial charge in [-0.1, -0.05) is 12.1 Å². The number of benzene rings is 1. The van der Waals surface area contributed by atoms with Gasteiger partial charge in [-0.3, -0.25) is 19.4 Å². The highest BCUT2D eigenvalue weighted by atomic mass is 16.5. The van der Waals surface area contributed by atoms with Crippen LogP contribution < -0.4 is 10.3 Å². The lowest BCUT2D eigenvalue weighted by molar-refractivity contribution is -0.132. The zero-order valence-corrected chi connectivity index (χ0v) is 18.9. The molecule has 0 radical (unpaired) electrons. The summed E-state index contributed by atoms with van der Waals surface area (Å²) in [5.74, 6) is -1.73. The molecule has 2 aromatic heterocycles. The summed E-state index contributed by atoms with van der Waals surface area (Å²) in [4.78, 5) is 46.3. The van der Waals surface area contributed by atoms with Crippen LogP contribution in [0.2, 0.25) is 0 Å². The van der Waals surface area contributed by atoms with Crippen LogP contribution >= 0.6 is 0 Å². The number of piperazine rings is 1. The lowest BCUT2D eigenvalue weighted by Crippen LogP contribution is -2.47. The molecule has 0 spiro atoms. The highest BCUT2D eigenvalue weighted by molar-refractivity contribution is 5.92. The topological polar surface area (TPSA) is 108 Å². The molecular formula is C22H27N5O6. The Morgan fingerprint density at radius 2 is 1.67 bits per heavy atom. The summed E-state index contributed by atoms with van der Waals surface area (Å²) in [6.45, 7) is 6.70. The van der Waals surface area contributed by atoms with Gasteiger partial charge in [0.15, 0.2) is 0 Å². The average Bonchev–Trinajstić information content (AvgIpc) is 3.13. The Bertz CT molecular complexity index is 1240. The number of nitrogens with zero attached hydrogens (tertiary/aromatic N) is 5. The first-order valence-corrected chi connectivity index (χ1v) is 10.7. The van der Waals surface area contributed by atoms with Gasteiger partial charge < -0.3 is 18.8 Å². The standard InChI is InChI=1S/C22H27N5O6/c1-15(28)33-19-18(21(30)32-3)23-22-26(13-12-24-8-10-25(11-9-24)14-31-2)16-6-4-5-7-17(16)27(22)20(19)29/h4-7H,8-14H2,1-3H3. The highest BCUT2D eigenvalue weighted by Gasteiger charge is 2.26. The van der Waals surface area contributed by atoms with Crippen LogP contribution in [-0.2, 0) is 20.8 Å². The molecule has 4 rings (SSSR count). The first-order valence-electron chi connectivity index (χ1n) is 10.7. The summed E-state index contributed by atoms with van der Waals surface area (Å²) in [6, 6.07) is 7.37. The summed E-state index contributed by atoms with van der Waals surface area (Å²) in [6.07, 6.45) is 0. The van der Waals surface area contributed by atoms with Crippen molar-refractivity contribution in [2.75, 3.05) is 53.7 Å². The monoisotopic (exact) mass is 457 g/mol. The van der Waals surface area contributed by atoms with Crippen molar-refractivity contribution in [3.63, 3.8) is 0 Å². The maximum absolute atomic E-state index is 13.3. The van der Waals surface area contributed by atoms with E-state index in [1.54, 1.807) is 13.2 Å². The molecule has 0 bridgehead atoms. The van der Waals surface area contributed by atoms with E-state index in [0.717, 1.165) is 45.2 Å². The van der Waals surface area contributed by atoms with E-state index in [0.29, 0.717) is 18.8 Å². The first kappa shape index (κ1) is 22.9. The summed E-state index contributed by atoms with van der Waals surface area (Å²) < 4.78 is 18.4. The number of methoxy groups -OCH3 is 2. The van der Waals surface area contributed by atoms with E-state index in [-0.39, 0.29) is 11.5 Å². The van der Waals surface area contributed by atoms with Gasteiger partial charge >= 0.3 is 17.5 Å². The van der Waals surface area contributed by atoms with Gasteiger partial charge in [-0.05, 0) is 12.1 Å². The summed E-state index contributed by atoms with van der Waals surface area (Å²) in [5, 5.41) is 0. The minimum Gasteiger partial charge on any atom is -0.464 e. The Morgan fingerprint density at radius 3 is 2.30 bits per heavy atom. The first-order chi connectivity index (χ1) is 15.9. The molecular weight excluding hydrogens is 430 g/mol. The molecule has 0 N–H and O–H groups in total. The second-order valence-corrected chi connectivity index (χ2v) is 7.83. The van der Waals surface area contributed by atoms with Crippen LogP contribution in [0.1, 0.15) is 17.4 Å². The highest BCUT2D eigenvalue weighted by Crippen LogP contribution is 2.22. The number of carbonyl (C=O) groups is 2. The third-order valence-electron chi connectivity index (χ3n) is 5.72. The van der Waals surface area contributed by atoms with Gasteiger partial charge in [0.05, 0.1) is 24.9 Å². The van der Waals surface area contributed by atoms with Crippen LogP contribution in [0.25, 0.3) is 16.8 Å². The fourth-order valence-corrected chi connectivity index (χ4v) is 4.14. The van der Waals surface area contributed by atoms with Gasteiger partial charge in [0.2, 0.25) is 17.2 Å². The van der Waals surface area contributed by atoms with Crippen molar-refractivity contribution in [1.29, 1.82) is 0 Å². The second-order valence-electron chi connectivity index (χ2n) is 7.83. The van der Waals surface area contributed by atoms with Crippen molar-refractivity contribution in [1.82, 2.24) is 23.8 Å². The molecule has 176 valence electrons. The van der Waals surface area contributed by atoms with Crippen LogP contribution in [-0.4, -0.2) is 89.4 Å². The molecule has 1 aliphatic rings. The van der Waals surface area contributed by atoms with Gasteiger partial charge in [0.25, 0.3) is 0 Å². The van der Waals surface area contributed by atoms with Crippen molar-refractivity contribution in [3.05, 3.63) is 40.3 Å². The summed E-state index contributed by atoms with van der Waals surface area (Å²) in [7, 11) is 2.88. The van der Waals surface area contributed by atoms with Gasteiger partial charge in [-0.15, -0.1) is 0 Å². The maximum Gasteiger partial charge on any atom is 0.360 e. The van der Waals surface area contributed by atoms with Gasteiger partial charge in [-0.2, -0.15) is 0 Å². The maximum atomic E-state index is 13.3. The van der Waals surface area contributed by atoms with Crippen molar-refractivity contribution in [2.45, 2.75) is 13.5 Å². The second kappa shape index (κ2) is 9.69. The van der Waals surface area contributed by atoms with E-state index < -0.39 is 23.2 Å². The predicted molar refractivity (Wildman–Crippen MR) is 119 cm³/mol. The van der Waals surface area contributed by atoms with Crippen LogP contribution in [0.3, 0.4) is 0 Å². The molecule has 0 saturated carbocycles. The molecule has 1 saturated heterocycles. The minimum atomic E-state index is -0.850. The number of hydrogen-bond donors (Lipinski definition) is 0. The smallest absolute Gasteiger partial charge is 0.360 e. The average molecular weight is 457 g/mol. The van der Waals surface area contributed by atoms with E-state index in [4.69, 9.17) is 14.2 Å². The van der Waals surface area contributed by atoms with Crippen LogP contribution in [0.5, 0.6) is 5.75 Å². The van der Waals surface area contributed by atoms with E-state index in [1.165, 1.54) is 11.5 Å². The molecule has 0 aliphatic carbocycles. The third kappa shape index (κ3) is 4.47. The molecule has 1 aliphatic heterocycles. The zero-order valence-electron chi connectivity index (χ0n) is 18.9. The number of carbonyl (C=O) groups excluding carboxylic acids is 2. The molecule has 1 fully saturated rings. The number of esters is 2. The van der Waals surface area contributed by atoms with Crippen molar-refractivity contribution >= 4 is 28.7 Å². The lowest BCUT2D eigenvalue weighted by atomic mass is 10.3. The number of para-hydroxylation sites is 2. The normalized spacial score (nSPS) is 15.2. The summed E-state index contributed by atoms with van der Waals surface area (Å²) >= 11 is 0. The van der Waals surface area contributed by atoms with Crippen LogP contribution in [0, 0.1) is 0 Å². The molecule has 11 heteroatoms. The lowest BCUT2D eigenvalue weighted by Gasteiger charge is -2.34. The molecule has 0 unspecified atom stereocenters. The minimum absolute atomic E-state index is 0.288. The Balaban J connectivity index is 1.76. The Hall–Kier alpha value is -3.28. The molecule has 3 heterocycles. The van der Waals surface area contributed by atoms with E-state index in [2.05, 4.69) is 14.8 Å².